The summed E-state index contributed by atoms with van der Waals surface area (Å²) in [5.74, 6) is 2.09. The minimum absolute atomic E-state index is 0.0946. The molecule has 1 atom stereocenters. The molecule has 1 N–H and O–H groups in total. The van der Waals surface area contributed by atoms with E-state index >= 15 is 0 Å². The molecule has 2 heterocycles. The van der Waals surface area contributed by atoms with Crippen LogP contribution in [0.2, 0.25) is 0 Å². The predicted molar refractivity (Wildman–Crippen MR) is 103 cm³/mol. The number of nitrogens with one attached hydrogen (secondary N) is 1. The maximum atomic E-state index is 12.7. The monoisotopic (exact) mass is 383 g/mol. The molecule has 148 valence electrons. The first-order valence-electron chi connectivity index (χ1n) is 9.73. The number of furan rings is 1. The van der Waals surface area contributed by atoms with Gasteiger partial charge in [0.1, 0.15) is 11.5 Å². The zero-order chi connectivity index (χ0) is 19.8. The first kappa shape index (κ1) is 18.6. The van der Waals surface area contributed by atoms with Crippen molar-refractivity contribution in [3.05, 3.63) is 52.5 Å². The van der Waals surface area contributed by atoms with Crippen LogP contribution in [0.4, 0.5) is 0 Å². The lowest BCUT2D eigenvalue weighted by Gasteiger charge is -2.28. The highest BCUT2D eigenvalue weighted by Crippen LogP contribution is 2.36. The van der Waals surface area contributed by atoms with E-state index in [1.807, 2.05) is 26.0 Å². The fraction of sp³-hybridized carbons (Fsp3) is 0.455. The summed E-state index contributed by atoms with van der Waals surface area (Å²) in [5, 5.41) is 3.09. The second-order valence-electron chi connectivity index (χ2n) is 7.68. The van der Waals surface area contributed by atoms with Crippen molar-refractivity contribution in [3.63, 3.8) is 0 Å². The number of carbonyl (C=O) groups is 2. The summed E-state index contributed by atoms with van der Waals surface area (Å²) in [5.41, 5.74) is 2.29. The van der Waals surface area contributed by atoms with Crippen LogP contribution in [0.5, 0.6) is 5.95 Å². The Labute approximate surface area is 164 Å². The lowest BCUT2D eigenvalue weighted by Crippen LogP contribution is -2.42. The molecule has 0 radical (unpaired) electrons. The van der Waals surface area contributed by atoms with Crippen LogP contribution >= 0.6 is 0 Å². The van der Waals surface area contributed by atoms with E-state index in [2.05, 4.69) is 5.32 Å². The van der Waals surface area contributed by atoms with Gasteiger partial charge >= 0.3 is 0 Å². The standard InChI is InChI=1S/C22H25NO5/c1-12-10-17(24)16-11-19(28-21(16)13(12)2)22(25)23-15-6-4-14(5-7-15)18-8-9-20(26-3)27-18/h8-11,14-15,19H,4-7H2,1-3H3,(H,23,25). The second kappa shape index (κ2) is 7.34. The van der Waals surface area contributed by atoms with Crippen LogP contribution < -0.4 is 10.1 Å². The second-order valence-corrected chi connectivity index (χ2v) is 7.68. The molecule has 0 saturated heterocycles. The van der Waals surface area contributed by atoms with Gasteiger partial charge in [-0.25, -0.2) is 0 Å². The maximum absolute atomic E-state index is 12.7. The molecule has 28 heavy (non-hydrogen) atoms. The van der Waals surface area contributed by atoms with Crippen LogP contribution in [0.3, 0.4) is 0 Å². The number of hydrogen-bond donors (Lipinski definition) is 1. The number of carbonyl (C=O) groups excluding carboxylic acids is 2. The number of hydrogen-bond acceptors (Lipinski definition) is 5. The van der Waals surface area contributed by atoms with E-state index in [0.717, 1.165) is 42.6 Å². The quantitative estimate of drug-likeness (QED) is 0.860. The molecule has 0 spiro atoms. The Balaban J connectivity index is 1.34. The molecule has 1 saturated carbocycles. The predicted octanol–water partition coefficient (Wildman–Crippen LogP) is 3.56. The fourth-order valence-corrected chi connectivity index (χ4v) is 4.10. The van der Waals surface area contributed by atoms with Crippen molar-refractivity contribution in [1.82, 2.24) is 5.32 Å². The van der Waals surface area contributed by atoms with E-state index in [0.29, 0.717) is 23.2 Å². The lowest BCUT2D eigenvalue weighted by molar-refractivity contribution is -0.128. The molecule has 0 aromatic carbocycles. The van der Waals surface area contributed by atoms with Gasteiger partial charge in [-0.3, -0.25) is 9.59 Å². The maximum Gasteiger partial charge on any atom is 0.284 e. The average Bonchev–Trinajstić information content (AvgIpc) is 3.34. The van der Waals surface area contributed by atoms with Gasteiger partial charge in [-0.2, -0.15) is 0 Å². The molecule has 1 unspecified atom stereocenters. The van der Waals surface area contributed by atoms with Crippen molar-refractivity contribution in [1.29, 1.82) is 0 Å². The molecule has 2 aliphatic carbocycles. The number of ketones is 1. The Bertz CT molecular complexity index is 896. The van der Waals surface area contributed by atoms with Crippen molar-refractivity contribution >= 4 is 11.7 Å². The molecule has 1 fully saturated rings. The van der Waals surface area contributed by atoms with Gasteiger partial charge in [0.05, 0.1) is 12.7 Å². The van der Waals surface area contributed by atoms with E-state index < -0.39 is 6.10 Å². The Morgan fingerprint density at radius 2 is 1.93 bits per heavy atom. The van der Waals surface area contributed by atoms with Crippen molar-refractivity contribution in [2.24, 2.45) is 0 Å². The molecular formula is C22H25NO5. The van der Waals surface area contributed by atoms with Crippen molar-refractivity contribution in [3.8, 4) is 5.95 Å². The summed E-state index contributed by atoms with van der Waals surface area (Å²) in [4.78, 5) is 24.9. The van der Waals surface area contributed by atoms with Crippen LogP contribution in [0.25, 0.3) is 0 Å². The van der Waals surface area contributed by atoms with Crippen molar-refractivity contribution in [2.75, 3.05) is 7.11 Å². The fourth-order valence-electron chi connectivity index (χ4n) is 4.10. The SMILES string of the molecule is COc1ccc(C2CCC(NC(=O)C3C=C4C(=O)C=C(C)C(C)=C4O3)CC2)o1. The Morgan fingerprint density at radius 3 is 2.61 bits per heavy atom. The van der Waals surface area contributed by atoms with E-state index in [4.69, 9.17) is 13.9 Å². The third-order valence-corrected chi connectivity index (χ3v) is 5.89. The molecule has 1 aliphatic heterocycles. The van der Waals surface area contributed by atoms with Gasteiger partial charge < -0.3 is 19.2 Å². The van der Waals surface area contributed by atoms with Gasteiger partial charge in [0.25, 0.3) is 11.9 Å². The minimum atomic E-state index is -0.741. The van der Waals surface area contributed by atoms with Gasteiger partial charge in [0.2, 0.25) is 0 Å². The van der Waals surface area contributed by atoms with Gasteiger partial charge in [0.15, 0.2) is 11.9 Å². The third-order valence-electron chi connectivity index (χ3n) is 5.89. The summed E-state index contributed by atoms with van der Waals surface area (Å²) in [6, 6.07) is 3.91. The molecular weight excluding hydrogens is 358 g/mol. The number of allylic oxidation sites excluding steroid dienone is 4. The average molecular weight is 383 g/mol. The lowest BCUT2D eigenvalue weighted by atomic mass is 9.84. The molecule has 1 aromatic heterocycles. The topological polar surface area (TPSA) is 77.8 Å². The number of rotatable bonds is 4. The van der Waals surface area contributed by atoms with Crippen LogP contribution in [0.15, 0.2) is 51.2 Å². The summed E-state index contributed by atoms with van der Waals surface area (Å²) < 4.78 is 16.6. The Kier molecular flexibility index (Phi) is 4.87. The normalized spacial score (nSPS) is 27.0. The van der Waals surface area contributed by atoms with Gasteiger partial charge in [-0.15, -0.1) is 0 Å². The highest BCUT2D eigenvalue weighted by Gasteiger charge is 2.35. The van der Waals surface area contributed by atoms with Crippen LogP contribution in [0, 0.1) is 0 Å². The molecule has 6 heteroatoms. The van der Waals surface area contributed by atoms with Crippen LogP contribution in [0.1, 0.15) is 51.2 Å². The molecule has 3 aliphatic rings. The smallest absolute Gasteiger partial charge is 0.284 e. The zero-order valence-electron chi connectivity index (χ0n) is 16.4. The highest BCUT2D eigenvalue weighted by molar-refractivity contribution is 6.10. The van der Waals surface area contributed by atoms with Gasteiger partial charge in [0, 0.05) is 18.0 Å². The van der Waals surface area contributed by atoms with Crippen LogP contribution in [-0.2, 0) is 14.3 Å². The first-order valence-corrected chi connectivity index (χ1v) is 9.73. The molecule has 0 bridgehead atoms. The van der Waals surface area contributed by atoms with Gasteiger partial charge in [-0.1, -0.05) is 0 Å². The molecule has 6 nitrogen and oxygen atoms in total. The first-order chi connectivity index (χ1) is 13.5. The Morgan fingerprint density at radius 1 is 1.18 bits per heavy atom. The van der Waals surface area contributed by atoms with Crippen molar-refractivity contribution in [2.45, 2.75) is 57.6 Å². The molecule has 4 rings (SSSR count). The highest BCUT2D eigenvalue weighted by atomic mass is 16.6. The number of ether oxygens (including phenoxy) is 2. The van der Waals surface area contributed by atoms with E-state index in [9.17, 15) is 9.59 Å². The third kappa shape index (κ3) is 3.39. The van der Waals surface area contributed by atoms with E-state index in [1.165, 1.54) is 0 Å². The summed E-state index contributed by atoms with van der Waals surface area (Å²) >= 11 is 0. The molecule has 1 aromatic rings. The number of methoxy groups -OCH3 is 1. The number of fused-ring (bicyclic) bond motifs is 1. The number of amides is 1. The minimum Gasteiger partial charge on any atom is -0.475 e. The van der Waals surface area contributed by atoms with E-state index in [1.54, 1.807) is 19.3 Å². The Hall–Kier alpha value is -2.76. The zero-order valence-corrected chi connectivity index (χ0v) is 16.4. The van der Waals surface area contributed by atoms with Crippen molar-refractivity contribution < 1.29 is 23.5 Å². The summed E-state index contributed by atoms with van der Waals surface area (Å²) in [6.45, 7) is 3.79. The largest absolute Gasteiger partial charge is 0.475 e. The van der Waals surface area contributed by atoms with Gasteiger partial charge in [-0.05, 0) is 68.9 Å². The summed E-state index contributed by atoms with van der Waals surface area (Å²) in [7, 11) is 1.59. The van der Waals surface area contributed by atoms with E-state index in [-0.39, 0.29) is 17.7 Å². The van der Waals surface area contributed by atoms with Crippen LogP contribution in [-0.4, -0.2) is 30.9 Å². The molecule has 1 amide bonds. The summed E-state index contributed by atoms with van der Waals surface area (Å²) in [6.07, 6.45) is 6.14.